The van der Waals surface area contributed by atoms with Gasteiger partial charge in [0.15, 0.2) is 0 Å². The van der Waals surface area contributed by atoms with Crippen LogP contribution in [0, 0.1) is 17.0 Å². The van der Waals surface area contributed by atoms with Crippen molar-refractivity contribution >= 4 is 11.4 Å². The van der Waals surface area contributed by atoms with Crippen molar-refractivity contribution in [3.63, 3.8) is 0 Å². The van der Waals surface area contributed by atoms with E-state index in [1.54, 1.807) is 24.3 Å². The molecule has 0 aliphatic heterocycles. The number of nitro benzene ring substituents is 1. The lowest BCUT2D eigenvalue weighted by Crippen LogP contribution is -2.02. The fraction of sp³-hybridized carbons (Fsp3) is 0.231. The molecule has 0 atom stereocenters. The molecule has 1 aromatic carbocycles. The molecule has 0 fully saturated rings. The number of hydrogen-bond acceptors (Lipinski definition) is 5. The van der Waals surface area contributed by atoms with Crippen LogP contribution in [0.4, 0.5) is 11.4 Å². The standard InChI is InChI=1S/C13H14N2O4/c1-9-2-5-13(15(17)18)12(6-9)14-7-10-3-4-11(8-16)19-10/h2-6,14,16H,7-8H2,1H3. The first-order chi connectivity index (χ1) is 9.10. The Balaban J connectivity index is 2.14. The Hall–Kier alpha value is -2.34. The minimum Gasteiger partial charge on any atom is -0.462 e. The fourth-order valence-corrected chi connectivity index (χ4v) is 1.74. The normalized spacial score (nSPS) is 10.4. The van der Waals surface area contributed by atoms with E-state index in [-0.39, 0.29) is 12.3 Å². The minimum absolute atomic E-state index is 0.0273. The fourth-order valence-electron chi connectivity index (χ4n) is 1.74. The molecule has 100 valence electrons. The smallest absolute Gasteiger partial charge is 0.292 e. The molecule has 0 aliphatic rings. The molecule has 0 saturated carbocycles. The molecule has 0 unspecified atom stereocenters. The summed E-state index contributed by atoms with van der Waals surface area (Å²) in [6.45, 7) is 2.03. The molecule has 2 N–H and O–H groups in total. The van der Waals surface area contributed by atoms with E-state index in [9.17, 15) is 10.1 Å². The maximum atomic E-state index is 10.9. The molecule has 2 rings (SSSR count). The summed E-state index contributed by atoms with van der Waals surface area (Å²) < 4.78 is 5.30. The zero-order chi connectivity index (χ0) is 13.8. The number of aliphatic hydroxyl groups excluding tert-OH is 1. The first kappa shape index (κ1) is 13.1. The highest BCUT2D eigenvalue weighted by Gasteiger charge is 2.13. The predicted octanol–water partition coefficient (Wildman–Crippen LogP) is 2.60. The van der Waals surface area contributed by atoms with Crippen molar-refractivity contribution in [2.24, 2.45) is 0 Å². The topological polar surface area (TPSA) is 88.5 Å². The third kappa shape index (κ3) is 3.11. The van der Waals surface area contributed by atoms with Crippen LogP contribution >= 0.6 is 0 Å². The van der Waals surface area contributed by atoms with Crippen molar-refractivity contribution in [2.75, 3.05) is 5.32 Å². The van der Waals surface area contributed by atoms with Gasteiger partial charge in [0, 0.05) is 6.07 Å². The van der Waals surface area contributed by atoms with Crippen LogP contribution < -0.4 is 5.32 Å². The molecular formula is C13H14N2O4. The van der Waals surface area contributed by atoms with Crippen LogP contribution in [0.3, 0.4) is 0 Å². The quantitative estimate of drug-likeness (QED) is 0.638. The van der Waals surface area contributed by atoms with Crippen LogP contribution in [0.15, 0.2) is 34.7 Å². The molecule has 2 aromatic rings. The van der Waals surface area contributed by atoms with Crippen LogP contribution in [0.1, 0.15) is 17.1 Å². The summed E-state index contributed by atoms with van der Waals surface area (Å²) in [4.78, 5) is 10.5. The van der Waals surface area contributed by atoms with Gasteiger partial charge in [-0.2, -0.15) is 0 Å². The van der Waals surface area contributed by atoms with Crippen molar-refractivity contribution in [1.29, 1.82) is 0 Å². The molecule has 0 spiro atoms. The zero-order valence-corrected chi connectivity index (χ0v) is 10.4. The highest BCUT2D eigenvalue weighted by atomic mass is 16.6. The van der Waals surface area contributed by atoms with Crippen molar-refractivity contribution in [3.8, 4) is 0 Å². The van der Waals surface area contributed by atoms with Crippen molar-refractivity contribution in [3.05, 3.63) is 57.5 Å². The van der Waals surface area contributed by atoms with E-state index in [1.165, 1.54) is 6.07 Å². The molecule has 19 heavy (non-hydrogen) atoms. The van der Waals surface area contributed by atoms with E-state index >= 15 is 0 Å². The highest BCUT2D eigenvalue weighted by molar-refractivity contribution is 5.62. The summed E-state index contributed by atoms with van der Waals surface area (Å²) in [5, 5.41) is 22.8. The average molecular weight is 262 g/mol. The van der Waals surface area contributed by atoms with Gasteiger partial charge in [0.1, 0.15) is 23.8 Å². The van der Waals surface area contributed by atoms with Gasteiger partial charge in [-0.1, -0.05) is 6.07 Å². The number of rotatable bonds is 5. The summed E-state index contributed by atoms with van der Waals surface area (Å²) in [5.74, 6) is 1.08. The number of aliphatic hydroxyl groups is 1. The van der Waals surface area contributed by atoms with E-state index in [1.807, 2.05) is 6.92 Å². The largest absolute Gasteiger partial charge is 0.462 e. The summed E-state index contributed by atoms with van der Waals surface area (Å²) >= 11 is 0. The molecule has 0 bridgehead atoms. The lowest BCUT2D eigenvalue weighted by Gasteiger charge is -2.06. The van der Waals surface area contributed by atoms with E-state index in [2.05, 4.69) is 5.32 Å². The highest BCUT2D eigenvalue weighted by Crippen LogP contribution is 2.25. The van der Waals surface area contributed by atoms with Crippen LogP contribution in [-0.2, 0) is 13.2 Å². The third-order valence-corrected chi connectivity index (χ3v) is 2.67. The molecule has 6 nitrogen and oxygen atoms in total. The summed E-state index contributed by atoms with van der Waals surface area (Å²) in [6, 6.07) is 8.27. The number of furan rings is 1. The lowest BCUT2D eigenvalue weighted by atomic mass is 10.2. The number of nitro groups is 1. The van der Waals surface area contributed by atoms with Gasteiger partial charge in [-0.25, -0.2) is 0 Å². The van der Waals surface area contributed by atoms with Crippen molar-refractivity contribution in [2.45, 2.75) is 20.1 Å². The Bertz CT molecular complexity index is 592. The van der Waals surface area contributed by atoms with Crippen molar-refractivity contribution < 1.29 is 14.4 Å². The minimum atomic E-state index is -0.428. The monoisotopic (exact) mass is 262 g/mol. The molecular weight excluding hydrogens is 248 g/mol. The van der Waals surface area contributed by atoms with Gasteiger partial charge in [-0.3, -0.25) is 10.1 Å². The van der Waals surface area contributed by atoms with Gasteiger partial charge in [-0.15, -0.1) is 0 Å². The van der Waals surface area contributed by atoms with Crippen LogP contribution in [-0.4, -0.2) is 10.0 Å². The number of aryl methyl sites for hydroxylation is 1. The number of hydrogen-bond donors (Lipinski definition) is 2. The maximum absolute atomic E-state index is 10.9. The Morgan fingerprint density at radius 3 is 2.68 bits per heavy atom. The molecule has 0 radical (unpaired) electrons. The molecule has 0 amide bonds. The van der Waals surface area contributed by atoms with Crippen LogP contribution in [0.5, 0.6) is 0 Å². The first-order valence-corrected chi connectivity index (χ1v) is 5.77. The number of nitrogens with one attached hydrogen (secondary N) is 1. The van der Waals surface area contributed by atoms with Gasteiger partial charge in [0.2, 0.25) is 0 Å². The Kier molecular flexibility index (Phi) is 3.82. The predicted molar refractivity (Wildman–Crippen MR) is 69.8 cm³/mol. The Morgan fingerprint density at radius 1 is 1.32 bits per heavy atom. The van der Waals surface area contributed by atoms with E-state index in [0.29, 0.717) is 23.8 Å². The maximum Gasteiger partial charge on any atom is 0.292 e. The van der Waals surface area contributed by atoms with Crippen LogP contribution in [0.2, 0.25) is 0 Å². The number of anilines is 1. The first-order valence-electron chi connectivity index (χ1n) is 5.77. The van der Waals surface area contributed by atoms with Gasteiger partial charge >= 0.3 is 0 Å². The van der Waals surface area contributed by atoms with Crippen molar-refractivity contribution in [1.82, 2.24) is 0 Å². The second-order valence-corrected chi connectivity index (χ2v) is 4.16. The Labute approximate surface area is 109 Å². The Morgan fingerprint density at radius 2 is 2.05 bits per heavy atom. The van der Waals surface area contributed by atoms with Gasteiger partial charge < -0.3 is 14.8 Å². The third-order valence-electron chi connectivity index (χ3n) is 2.67. The second-order valence-electron chi connectivity index (χ2n) is 4.16. The van der Waals surface area contributed by atoms with E-state index in [0.717, 1.165) is 5.56 Å². The van der Waals surface area contributed by atoms with E-state index in [4.69, 9.17) is 9.52 Å². The lowest BCUT2D eigenvalue weighted by molar-refractivity contribution is -0.384. The molecule has 0 saturated heterocycles. The van der Waals surface area contributed by atoms with E-state index < -0.39 is 4.92 Å². The summed E-state index contributed by atoms with van der Waals surface area (Å²) in [5.41, 5.74) is 1.41. The van der Waals surface area contributed by atoms with Gasteiger partial charge in [-0.05, 0) is 30.7 Å². The van der Waals surface area contributed by atoms with Crippen LogP contribution in [0.25, 0.3) is 0 Å². The zero-order valence-electron chi connectivity index (χ0n) is 10.4. The summed E-state index contributed by atoms with van der Waals surface area (Å²) in [6.07, 6.45) is 0. The molecule has 0 aliphatic carbocycles. The van der Waals surface area contributed by atoms with Gasteiger partial charge in [0.25, 0.3) is 5.69 Å². The summed E-state index contributed by atoms with van der Waals surface area (Å²) in [7, 11) is 0. The number of nitrogens with zero attached hydrogens (tertiary/aromatic N) is 1. The van der Waals surface area contributed by atoms with Gasteiger partial charge in [0.05, 0.1) is 11.5 Å². The molecule has 1 aromatic heterocycles. The SMILES string of the molecule is Cc1ccc([N+](=O)[O-])c(NCc2ccc(CO)o2)c1. The molecule has 6 heteroatoms. The average Bonchev–Trinajstić information content (AvgIpc) is 2.84. The number of benzene rings is 1. The molecule has 1 heterocycles. The second kappa shape index (κ2) is 5.53.